The minimum absolute atomic E-state index is 0.0567. The molecule has 0 radical (unpaired) electrons. The molecule has 0 fully saturated rings. The van der Waals surface area contributed by atoms with Crippen molar-refractivity contribution in [2.75, 3.05) is 0 Å². The maximum Gasteiger partial charge on any atom is 0.361 e. The summed E-state index contributed by atoms with van der Waals surface area (Å²) in [7, 11) is -4.94. The average Bonchev–Trinajstić information content (AvgIpc) is 2.79. The van der Waals surface area contributed by atoms with Crippen LogP contribution in [-0.4, -0.2) is 4.92 Å². The smallest absolute Gasteiger partial charge is 0.258 e. The van der Waals surface area contributed by atoms with E-state index in [4.69, 9.17) is 23.1 Å². The summed E-state index contributed by atoms with van der Waals surface area (Å²) in [4.78, 5) is 10.5. The predicted octanol–water partition coefficient (Wildman–Crippen LogP) is 1.71. The number of nitrogens with zero attached hydrogens (tertiary/aromatic N) is 1. The summed E-state index contributed by atoms with van der Waals surface area (Å²) in [6.07, 6.45) is 0. The van der Waals surface area contributed by atoms with E-state index >= 15 is 0 Å². The van der Waals surface area contributed by atoms with Crippen molar-refractivity contribution in [1.82, 2.24) is 0 Å². The number of nitro groups is 1. The molecule has 0 aliphatic carbocycles. The first kappa shape index (κ1) is 23.0. The Morgan fingerprint density at radius 2 is 1.00 bits per heavy atom. The molecule has 0 bridgehead atoms. The number of nitro benzene ring substituents is 1. The van der Waals surface area contributed by atoms with Gasteiger partial charge in [-0.15, -0.1) is 10.2 Å². The molecule has 0 amide bonds. The molecule has 162 valence electrons. The van der Waals surface area contributed by atoms with E-state index in [-0.39, 0.29) is 5.69 Å². The van der Waals surface area contributed by atoms with Crippen LogP contribution in [0.5, 0.6) is 0 Å². The van der Waals surface area contributed by atoms with Crippen LogP contribution in [0.25, 0.3) is 33.8 Å². The summed E-state index contributed by atoms with van der Waals surface area (Å²) in [5.41, 5.74) is 3.91. The quantitative estimate of drug-likeness (QED) is 0.259. The van der Waals surface area contributed by atoms with Crippen LogP contribution in [0.1, 0.15) is 0 Å². The molecule has 32 heavy (non-hydrogen) atoms. The lowest BCUT2D eigenvalue weighted by atomic mass is 10.0. The lowest BCUT2D eigenvalue weighted by molar-refractivity contribution is -2.00. The van der Waals surface area contributed by atoms with Gasteiger partial charge in [0.05, 0.1) is 28.2 Å². The Morgan fingerprint density at radius 3 is 1.44 bits per heavy atom. The van der Waals surface area contributed by atoms with Crippen molar-refractivity contribution in [3.63, 3.8) is 0 Å². The summed E-state index contributed by atoms with van der Waals surface area (Å²) < 4.78 is 40.1. The van der Waals surface area contributed by atoms with Crippen molar-refractivity contribution >= 4 is 5.69 Å². The van der Waals surface area contributed by atoms with Gasteiger partial charge in [-0.25, -0.2) is 23.1 Å². The van der Waals surface area contributed by atoms with E-state index in [1.54, 1.807) is 12.1 Å². The summed E-state index contributed by atoms with van der Waals surface area (Å²) >= 11 is 0. The molecule has 0 saturated heterocycles. The van der Waals surface area contributed by atoms with E-state index in [2.05, 4.69) is 0 Å². The lowest BCUT2D eigenvalue weighted by Crippen LogP contribution is -2.68. The SMILES string of the molecule is O=[N+]([O-])c1ccc(-c2cc(-c3ccccc3)cc(-c3ccccc3)[o+]2)cc1.[O-][Cl+3]([O-])([O-])[O-]. The van der Waals surface area contributed by atoms with E-state index in [1.807, 2.05) is 72.8 Å². The molecule has 0 aliphatic rings. The third-order valence-corrected chi connectivity index (χ3v) is 4.32. The average molecular weight is 454 g/mol. The van der Waals surface area contributed by atoms with Gasteiger partial charge in [-0.2, -0.15) is 0 Å². The number of hydrogen-bond donors (Lipinski definition) is 0. The minimum Gasteiger partial charge on any atom is -0.258 e. The molecule has 0 unspecified atom stereocenters. The van der Waals surface area contributed by atoms with Crippen molar-refractivity contribution in [2.24, 2.45) is 0 Å². The summed E-state index contributed by atoms with van der Waals surface area (Å²) in [5, 5.41) is 10.9. The standard InChI is InChI=1S/C23H16NO3.ClHO4/c25-24(26)21-13-11-19(12-14-21)23-16-20(17-7-3-1-4-8-17)15-22(27-23)18-9-5-2-6-10-18;2-1(3,4)5/h1-16H;(H,2,3,4,5)/q+1;/p-1. The topological polar surface area (TPSA) is 147 Å². The van der Waals surface area contributed by atoms with Crippen LogP contribution in [0.3, 0.4) is 0 Å². The van der Waals surface area contributed by atoms with Crippen LogP contribution in [0, 0.1) is 20.4 Å². The largest absolute Gasteiger partial charge is 0.361 e. The molecular weight excluding hydrogens is 438 g/mol. The molecule has 4 aromatic rings. The fraction of sp³-hybridized carbons (Fsp3) is 0. The van der Waals surface area contributed by atoms with Crippen LogP contribution < -0.4 is 18.6 Å². The number of halogens is 1. The lowest BCUT2D eigenvalue weighted by Gasteiger charge is -2.17. The highest BCUT2D eigenvalue weighted by Gasteiger charge is 2.21. The monoisotopic (exact) mass is 453 g/mol. The Hall–Kier alpha value is -3.66. The zero-order valence-corrected chi connectivity index (χ0v) is 17.2. The summed E-state index contributed by atoms with van der Waals surface area (Å²) in [6, 6.07) is 30.3. The summed E-state index contributed by atoms with van der Waals surface area (Å²) in [5.74, 6) is 1.40. The minimum atomic E-state index is -4.94. The highest BCUT2D eigenvalue weighted by molar-refractivity contribution is 5.74. The van der Waals surface area contributed by atoms with Crippen LogP contribution in [0.4, 0.5) is 5.69 Å². The fourth-order valence-corrected chi connectivity index (χ4v) is 2.93. The Kier molecular flexibility index (Phi) is 7.26. The van der Waals surface area contributed by atoms with E-state index in [1.165, 1.54) is 12.1 Å². The van der Waals surface area contributed by atoms with Crippen molar-refractivity contribution in [1.29, 1.82) is 0 Å². The second-order valence-electron chi connectivity index (χ2n) is 6.49. The van der Waals surface area contributed by atoms with E-state index < -0.39 is 15.2 Å². The molecule has 3 aromatic carbocycles. The maximum atomic E-state index is 10.9. The van der Waals surface area contributed by atoms with Gasteiger partial charge in [0.25, 0.3) is 5.69 Å². The zero-order valence-electron chi connectivity index (χ0n) is 16.4. The molecule has 1 aromatic heterocycles. The Labute approximate surface area is 185 Å². The Morgan fingerprint density at radius 1 is 0.594 bits per heavy atom. The van der Waals surface area contributed by atoms with Crippen molar-refractivity contribution in [2.45, 2.75) is 0 Å². The highest BCUT2D eigenvalue weighted by atomic mass is 35.7. The van der Waals surface area contributed by atoms with E-state index in [9.17, 15) is 10.1 Å². The first-order valence-electron chi connectivity index (χ1n) is 9.16. The third kappa shape index (κ3) is 6.67. The number of rotatable bonds is 4. The highest BCUT2D eigenvalue weighted by Crippen LogP contribution is 2.33. The van der Waals surface area contributed by atoms with Gasteiger partial charge in [-0.05, 0) is 29.8 Å². The number of hydrogen-bond acceptors (Lipinski definition) is 6. The normalized spacial score (nSPS) is 10.8. The fourth-order valence-electron chi connectivity index (χ4n) is 2.93. The third-order valence-electron chi connectivity index (χ3n) is 4.32. The first-order chi connectivity index (χ1) is 15.2. The zero-order chi connectivity index (χ0) is 23.1. The van der Waals surface area contributed by atoms with Gasteiger partial charge < -0.3 is 0 Å². The molecule has 0 N–H and O–H groups in total. The molecule has 9 heteroatoms. The van der Waals surface area contributed by atoms with Gasteiger partial charge in [0, 0.05) is 17.7 Å². The van der Waals surface area contributed by atoms with E-state index in [0.29, 0.717) is 5.76 Å². The van der Waals surface area contributed by atoms with Crippen LogP contribution >= 0.6 is 0 Å². The number of non-ortho nitro benzene ring substituents is 1. The van der Waals surface area contributed by atoms with Crippen molar-refractivity contribution in [3.05, 3.63) is 107 Å². The second-order valence-corrected chi connectivity index (χ2v) is 7.24. The van der Waals surface area contributed by atoms with Gasteiger partial charge in [0.2, 0.25) is 0 Å². The Bertz CT molecular complexity index is 1110. The molecule has 4 rings (SSSR count). The molecule has 0 atom stereocenters. The molecule has 0 spiro atoms. The van der Waals surface area contributed by atoms with Crippen LogP contribution in [0.2, 0.25) is 0 Å². The molecule has 0 saturated carbocycles. The van der Waals surface area contributed by atoms with Gasteiger partial charge in [-0.1, -0.05) is 48.5 Å². The maximum absolute atomic E-state index is 10.9. The van der Waals surface area contributed by atoms with Crippen LogP contribution in [0.15, 0.2) is 101 Å². The molecule has 0 aliphatic heterocycles. The van der Waals surface area contributed by atoms with Crippen LogP contribution in [-0.2, 0) is 0 Å². The van der Waals surface area contributed by atoms with E-state index in [0.717, 1.165) is 28.0 Å². The van der Waals surface area contributed by atoms with Crippen molar-refractivity contribution < 1.29 is 38.2 Å². The predicted molar refractivity (Wildman–Crippen MR) is 106 cm³/mol. The first-order valence-corrected chi connectivity index (χ1v) is 10.4. The second kappa shape index (κ2) is 10.1. The van der Waals surface area contributed by atoms with Gasteiger partial charge in [0.15, 0.2) is 0 Å². The van der Waals surface area contributed by atoms with Gasteiger partial charge in [-0.3, -0.25) is 10.1 Å². The molecule has 1 heterocycles. The molecule has 8 nitrogen and oxygen atoms in total. The summed E-state index contributed by atoms with van der Waals surface area (Å²) in [6.45, 7) is 0. The Balaban J connectivity index is 0.000000523. The number of benzene rings is 3. The molecular formula is C23H16ClNO7. The van der Waals surface area contributed by atoms with Gasteiger partial charge in [0.1, 0.15) is 0 Å². The van der Waals surface area contributed by atoms with Gasteiger partial charge >= 0.3 is 11.5 Å². The van der Waals surface area contributed by atoms with Crippen molar-refractivity contribution in [3.8, 4) is 33.8 Å².